The molecule has 0 radical (unpaired) electrons. The minimum Gasteiger partial charge on any atom is -0.632 e. The predicted molar refractivity (Wildman–Crippen MR) is 61.1 cm³/mol. The fourth-order valence-electron chi connectivity index (χ4n) is 1.99. The lowest BCUT2D eigenvalue weighted by molar-refractivity contribution is -0.895. The van der Waals surface area contributed by atoms with Crippen LogP contribution in [-0.4, -0.2) is 30.8 Å². The number of nitrogens with one attached hydrogen (secondary N) is 1. The third-order valence-corrected chi connectivity index (χ3v) is 2.98. The van der Waals surface area contributed by atoms with E-state index in [4.69, 9.17) is 0 Å². The summed E-state index contributed by atoms with van der Waals surface area (Å²) in [5.41, 5.74) is 2.40. The van der Waals surface area contributed by atoms with Gasteiger partial charge in [0.05, 0.1) is 13.1 Å². The molecule has 2 rings (SSSR count). The molecule has 3 heteroatoms. The molecule has 0 atom stereocenters. The van der Waals surface area contributed by atoms with Gasteiger partial charge < -0.3 is 15.2 Å². The molecule has 1 aromatic rings. The second-order valence-corrected chi connectivity index (χ2v) is 4.40. The maximum absolute atomic E-state index is 12.3. The number of benzene rings is 1. The molecule has 0 spiro atoms. The quantitative estimate of drug-likeness (QED) is 0.586. The van der Waals surface area contributed by atoms with Gasteiger partial charge in [-0.2, -0.15) is 0 Å². The Kier molecular flexibility index (Phi) is 3.05. The molecule has 1 aliphatic heterocycles. The van der Waals surface area contributed by atoms with Gasteiger partial charge in [-0.1, -0.05) is 29.8 Å². The number of piperazine rings is 1. The summed E-state index contributed by atoms with van der Waals surface area (Å²) in [6.45, 7) is 5.74. The van der Waals surface area contributed by atoms with Gasteiger partial charge in [0.1, 0.15) is 6.54 Å². The molecule has 1 N–H and O–H groups in total. The van der Waals surface area contributed by atoms with Crippen molar-refractivity contribution in [2.24, 2.45) is 0 Å². The maximum atomic E-state index is 12.3. The van der Waals surface area contributed by atoms with Crippen LogP contribution in [0.5, 0.6) is 0 Å². The molecule has 0 amide bonds. The van der Waals surface area contributed by atoms with Crippen molar-refractivity contribution in [1.29, 1.82) is 0 Å². The van der Waals surface area contributed by atoms with Crippen molar-refractivity contribution in [3.8, 4) is 0 Å². The molecule has 0 aromatic heterocycles. The van der Waals surface area contributed by atoms with E-state index in [1.165, 1.54) is 5.56 Å². The fraction of sp³-hybridized carbons (Fsp3) is 0.500. The molecule has 1 aromatic carbocycles. The Balaban J connectivity index is 2.03. The Hall–Kier alpha value is -0.900. The van der Waals surface area contributed by atoms with Crippen molar-refractivity contribution < 1.29 is 4.65 Å². The highest BCUT2D eigenvalue weighted by Gasteiger charge is 2.20. The second kappa shape index (κ2) is 4.31. The molecule has 1 saturated heterocycles. The van der Waals surface area contributed by atoms with Crippen molar-refractivity contribution in [2.75, 3.05) is 26.2 Å². The normalized spacial score (nSPS) is 20.1. The van der Waals surface area contributed by atoms with Crippen LogP contribution in [0.3, 0.4) is 0 Å². The third kappa shape index (κ3) is 2.78. The van der Waals surface area contributed by atoms with Gasteiger partial charge in [0.2, 0.25) is 0 Å². The lowest BCUT2D eigenvalue weighted by Crippen LogP contribution is -2.54. The number of rotatable bonds is 2. The Bertz CT molecular complexity index is 315. The molecular formula is C12H18N2O. The summed E-state index contributed by atoms with van der Waals surface area (Å²) in [4.78, 5) is 0. The van der Waals surface area contributed by atoms with Crippen LogP contribution in [0.25, 0.3) is 0 Å². The Morgan fingerprint density at radius 1 is 1.20 bits per heavy atom. The zero-order valence-electron chi connectivity index (χ0n) is 9.20. The first kappa shape index (κ1) is 10.6. The van der Waals surface area contributed by atoms with E-state index in [1.807, 2.05) is 0 Å². The average Bonchev–Trinajstić information content (AvgIpc) is 2.22. The molecular weight excluding hydrogens is 188 g/mol. The summed E-state index contributed by atoms with van der Waals surface area (Å²) >= 11 is 0. The van der Waals surface area contributed by atoms with E-state index in [0.717, 1.165) is 18.7 Å². The van der Waals surface area contributed by atoms with Crippen LogP contribution < -0.4 is 5.32 Å². The summed E-state index contributed by atoms with van der Waals surface area (Å²) in [6.07, 6.45) is 0. The second-order valence-electron chi connectivity index (χ2n) is 4.40. The van der Waals surface area contributed by atoms with E-state index in [2.05, 4.69) is 36.5 Å². The molecule has 15 heavy (non-hydrogen) atoms. The molecule has 0 aliphatic carbocycles. The van der Waals surface area contributed by atoms with E-state index < -0.39 is 0 Å². The minimum atomic E-state index is -0.0734. The first-order chi connectivity index (χ1) is 7.18. The minimum absolute atomic E-state index is 0.0734. The number of hydrogen-bond acceptors (Lipinski definition) is 2. The van der Waals surface area contributed by atoms with Crippen LogP contribution in [0.4, 0.5) is 0 Å². The van der Waals surface area contributed by atoms with Gasteiger partial charge in [-0.25, -0.2) is 0 Å². The summed E-state index contributed by atoms with van der Waals surface area (Å²) in [5.74, 6) is 0. The molecule has 1 heterocycles. The van der Waals surface area contributed by atoms with Crippen LogP contribution in [-0.2, 0) is 6.54 Å². The van der Waals surface area contributed by atoms with Gasteiger partial charge >= 0.3 is 0 Å². The highest BCUT2D eigenvalue weighted by atomic mass is 16.5. The fourth-order valence-corrected chi connectivity index (χ4v) is 1.99. The number of quaternary nitrogens is 1. The molecule has 1 aliphatic rings. The van der Waals surface area contributed by atoms with Crippen molar-refractivity contribution in [1.82, 2.24) is 5.32 Å². The monoisotopic (exact) mass is 206 g/mol. The van der Waals surface area contributed by atoms with Crippen molar-refractivity contribution >= 4 is 0 Å². The van der Waals surface area contributed by atoms with E-state index in [-0.39, 0.29) is 4.65 Å². The number of nitrogens with zero attached hydrogens (tertiary/aromatic N) is 1. The van der Waals surface area contributed by atoms with Crippen molar-refractivity contribution in [2.45, 2.75) is 13.5 Å². The lowest BCUT2D eigenvalue weighted by atomic mass is 10.1. The summed E-state index contributed by atoms with van der Waals surface area (Å²) < 4.78 is -0.0734. The van der Waals surface area contributed by atoms with E-state index in [0.29, 0.717) is 19.6 Å². The van der Waals surface area contributed by atoms with E-state index >= 15 is 0 Å². The predicted octanol–water partition coefficient (Wildman–Crippen LogP) is 1.41. The zero-order valence-corrected chi connectivity index (χ0v) is 9.20. The van der Waals surface area contributed by atoms with Gasteiger partial charge in [0.25, 0.3) is 0 Å². The van der Waals surface area contributed by atoms with Gasteiger partial charge in [0.15, 0.2) is 0 Å². The van der Waals surface area contributed by atoms with Crippen LogP contribution in [0.1, 0.15) is 11.1 Å². The molecule has 0 bridgehead atoms. The lowest BCUT2D eigenvalue weighted by Gasteiger charge is -2.45. The number of aryl methyl sites for hydroxylation is 1. The largest absolute Gasteiger partial charge is 0.632 e. The molecule has 0 unspecified atom stereocenters. The summed E-state index contributed by atoms with van der Waals surface area (Å²) in [5, 5.41) is 15.5. The number of hydrogen-bond donors (Lipinski definition) is 1. The highest BCUT2D eigenvalue weighted by molar-refractivity contribution is 5.20. The SMILES string of the molecule is Cc1ccc(C[N+]2([O-])CCNCC2)cc1. The topological polar surface area (TPSA) is 35.1 Å². The molecule has 3 nitrogen and oxygen atoms in total. The molecule has 82 valence electrons. The Labute approximate surface area is 90.9 Å². The van der Waals surface area contributed by atoms with Gasteiger partial charge in [-0.15, -0.1) is 0 Å². The van der Waals surface area contributed by atoms with Crippen LogP contribution in [0.15, 0.2) is 24.3 Å². The standard InChI is InChI=1S/C12H18N2O/c1-11-2-4-12(5-3-11)10-14(15)8-6-13-7-9-14/h2-5,13H,6-10H2,1H3. The average molecular weight is 206 g/mol. The number of hydroxylamine groups is 3. The molecule has 0 saturated carbocycles. The third-order valence-electron chi connectivity index (χ3n) is 2.98. The first-order valence-electron chi connectivity index (χ1n) is 5.51. The van der Waals surface area contributed by atoms with Crippen LogP contribution in [0.2, 0.25) is 0 Å². The van der Waals surface area contributed by atoms with Crippen molar-refractivity contribution in [3.05, 3.63) is 40.6 Å². The maximum Gasteiger partial charge on any atom is 0.104 e. The van der Waals surface area contributed by atoms with Gasteiger partial charge in [-0.3, -0.25) is 0 Å². The van der Waals surface area contributed by atoms with Crippen molar-refractivity contribution in [3.63, 3.8) is 0 Å². The Morgan fingerprint density at radius 3 is 2.40 bits per heavy atom. The first-order valence-corrected chi connectivity index (χ1v) is 5.51. The van der Waals surface area contributed by atoms with E-state index in [9.17, 15) is 5.21 Å². The summed E-state index contributed by atoms with van der Waals surface area (Å²) in [7, 11) is 0. The zero-order chi connectivity index (χ0) is 10.7. The Morgan fingerprint density at radius 2 is 1.80 bits per heavy atom. The van der Waals surface area contributed by atoms with E-state index in [1.54, 1.807) is 0 Å². The van der Waals surface area contributed by atoms with Crippen LogP contribution in [0, 0.1) is 12.1 Å². The smallest absolute Gasteiger partial charge is 0.104 e. The summed E-state index contributed by atoms with van der Waals surface area (Å²) in [6, 6.07) is 8.28. The molecule has 1 fully saturated rings. The highest BCUT2D eigenvalue weighted by Crippen LogP contribution is 2.14. The van der Waals surface area contributed by atoms with Crippen LogP contribution >= 0.6 is 0 Å². The van der Waals surface area contributed by atoms with Gasteiger partial charge in [-0.05, 0) is 6.92 Å². The van der Waals surface area contributed by atoms with Gasteiger partial charge in [0, 0.05) is 18.7 Å².